The fourth-order valence-electron chi connectivity index (χ4n) is 2.28. The smallest absolute Gasteiger partial charge is 0.224 e. The molecule has 0 aliphatic rings. The van der Waals surface area contributed by atoms with Crippen molar-refractivity contribution in [3.8, 4) is 11.4 Å². The number of benzene rings is 2. The van der Waals surface area contributed by atoms with Gasteiger partial charge in [0, 0.05) is 24.4 Å². The second kappa shape index (κ2) is 6.79. The third kappa shape index (κ3) is 3.97. The number of hydrogen-bond acceptors (Lipinski definition) is 3. The van der Waals surface area contributed by atoms with Gasteiger partial charge in [-0.15, -0.1) is 0 Å². The minimum atomic E-state index is -0.0944. The SMILES string of the molecule is O=C(CCc1cnn(-c2ccccc2)c1)Nc1cccc(O)c1. The van der Waals surface area contributed by atoms with E-state index in [-0.39, 0.29) is 11.7 Å². The first-order valence-corrected chi connectivity index (χ1v) is 7.38. The number of nitrogens with zero attached hydrogens (tertiary/aromatic N) is 2. The van der Waals surface area contributed by atoms with Gasteiger partial charge >= 0.3 is 0 Å². The molecule has 0 spiro atoms. The molecule has 5 heteroatoms. The molecule has 0 atom stereocenters. The maximum Gasteiger partial charge on any atom is 0.224 e. The number of rotatable bonds is 5. The van der Waals surface area contributed by atoms with Gasteiger partial charge in [0.15, 0.2) is 0 Å². The zero-order valence-electron chi connectivity index (χ0n) is 12.5. The van der Waals surface area contributed by atoms with E-state index in [0.29, 0.717) is 18.5 Å². The molecule has 0 fully saturated rings. The van der Waals surface area contributed by atoms with Crippen LogP contribution in [0.15, 0.2) is 67.0 Å². The predicted octanol–water partition coefficient (Wildman–Crippen LogP) is 3.15. The summed E-state index contributed by atoms with van der Waals surface area (Å²) in [6.45, 7) is 0. The van der Waals surface area contributed by atoms with Crippen LogP contribution in [0, 0.1) is 0 Å². The van der Waals surface area contributed by atoms with Crippen molar-refractivity contribution in [2.45, 2.75) is 12.8 Å². The number of carbonyl (C=O) groups excluding carboxylic acids is 1. The molecule has 1 aromatic heterocycles. The Morgan fingerprint density at radius 3 is 2.74 bits per heavy atom. The standard InChI is InChI=1S/C18H17N3O2/c22-17-8-4-5-15(11-17)20-18(23)10-9-14-12-19-21(13-14)16-6-2-1-3-7-16/h1-8,11-13,22H,9-10H2,(H,20,23). The molecule has 0 radical (unpaired) electrons. The minimum Gasteiger partial charge on any atom is -0.508 e. The van der Waals surface area contributed by atoms with Gasteiger partial charge in [-0.2, -0.15) is 5.10 Å². The van der Waals surface area contributed by atoms with Crippen LogP contribution in [0.3, 0.4) is 0 Å². The number of amides is 1. The summed E-state index contributed by atoms with van der Waals surface area (Å²) in [5, 5.41) is 16.5. The van der Waals surface area contributed by atoms with E-state index >= 15 is 0 Å². The lowest BCUT2D eigenvalue weighted by atomic mass is 10.2. The van der Waals surface area contributed by atoms with Gasteiger partial charge in [0.2, 0.25) is 5.91 Å². The molecule has 0 saturated carbocycles. The summed E-state index contributed by atoms with van der Waals surface area (Å²) in [6.07, 6.45) is 4.67. The number of para-hydroxylation sites is 1. The summed E-state index contributed by atoms with van der Waals surface area (Å²) in [5.41, 5.74) is 2.58. The zero-order chi connectivity index (χ0) is 16.1. The first kappa shape index (κ1) is 14.8. The summed E-state index contributed by atoms with van der Waals surface area (Å²) in [6, 6.07) is 16.3. The lowest BCUT2D eigenvalue weighted by molar-refractivity contribution is -0.116. The molecule has 116 valence electrons. The van der Waals surface area contributed by atoms with E-state index in [9.17, 15) is 9.90 Å². The van der Waals surface area contributed by atoms with E-state index in [1.165, 1.54) is 6.07 Å². The highest BCUT2D eigenvalue weighted by Crippen LogP contribution is 2.16. The fraction of sp³-hybridized carbons (Fsp3) is 0.111. The Morgan fingerprint density at radius 2 is 1.96 bits per heavy atom. The van der Waals surface area contributed by atoms with Gasteiger partial charge in [-0.25, -0.2) is 4.68 Å². The number of aromatic nitrogens is 2. The molecule has 23 heavy (non-hydrogen) atoms. The Kier molecular flexibility index (Phi) is 4.38. The Morgan fingerprint density at radius 1 is 1.13 bits per heavy atom. The Labute approximate surface area is 134 Å². The van der Waals surface area contributed by atoms with Gasteiger partial charge in [-0.3, -0.25) is 4.79 Å². The van der Waals surface area contributed by atoms with Crippen molar-refractivity contribution >= 4 is 11.6 Å². The van der Waals surface area contributed by atoms with Crippen LogP contribution in [0.4, 0.5) is 5.69 Å². The average Bonchev–Trinajstić information content (AvgIpc) is 3.03. The summed E-state index contributed by atoms with van der Waals surface area (Å²) < 4.78 is 1.79. The van der Waals surface area contributed by atoms with Crippen LogP contribution in [0.25, 0.3) is 5.69 Å². The van der Waals surface area contributed by atoms with Crippen LogP contribution in [-0.2, 0) is 11.2 Å². The maximum atomic E-state index is 12.0. The highest BCUT2D eigenvalue weighted by atomic mass is 16.3. The summed E-state index contributed by atoms with van der Waals surface area (Å²) in [7, 11) is 0. The minimum absolute atomic E-state index is 0.0944. The molecule has 3 aromatic rings. The van der Waals surface area contributed by atoms with E-state index in [4.69, 9.17) is 0 Å². The molecule has 5 nitrogen and oxygen atoms in total. The van der Waals surface area contributed by atoms with Gasteiger partial charge in [-0.1, -0.05) is 24.3 Å². The zero-order valence-corrected chi connectivity index (χ0v) is 12.5. The Bertz CT molecular complexity index is 797. The highest BCUT2D eigenvalue weighted by Gasteiger charge is 2.06. The van der Waals surface area contributed by atoms with E-state index < -0.39 is 0 Å². The van der Waals surface area contributed by atoms with Crippen molar-refractivity contribution in [1.82, 2.24) is 9.78 Å². The topological polar surface area (TPSA) is 67.2 Å². The third-order valence-electron chi connectivity index (χ3n) is 3.43. The van der Waals surface area contributed by atoms with Gasteiger partial charge in [0.05, 0.1) is 11.9 Å². The first-order valence-electron chi connectivity index (χ1n) is 7.38. The lowest BCUT2D eigenvalue weighted by Gasteiger charge is -2.04. The molecule has 0 aliphatic heterocycles. The number of phenolic OH excluding ortho intramolecular Hbond substituents is 1. The molecule has 0 unspecified atom stereocenters. The number of phenols is 1. The van der Waals surface area contributed by atoms with Crippen molar-refractivity contribution in [2.75, 3.05) is 5.32 Å². The molecule has 0 bridgehead atoms. The number of aromatic hydroxyl groups is 1. The normalized spacial score (nSPS) is 10.4. The molecular formula is C18H17N3O2. The van der Waals surface area contributed by atoms with Crippen LogP contribution in [0.2, 0.25) is 0 Å². The van der Waals surface area contributed by atoms with Crippen molar-refractivity contribution < 1.29 is 9.90 Å². The van der Waals surface area contributed by atoms with Crippen molar-refractivity contribution in [1.29, 1.82) is 0 Å². The molecule has 1 amide bonds. The quantitative estimate of drug-likeness (QED) is 0.761. The van der Waals surface area contributed by atoms with Gasteiger partial charge in [-0.05, 0) is 36.2 Å². The fourth-order valence-corrected chi connectivity index (χ4v) is 2.28. The van der Waals surface area contributed by atoms with E-state index in [2.05, 4.69) is 10.4 Å². The van der Waals surface area contributed by atoms with Crippen molar-refractivity contribution in [2.24, 2.45) is 0 Å². The predicted molar refractivity (Wildman–Crippen MR) is 88.6 cm³/mol. The Hall–Kier alpha value is -3.08. The van der Waals surface area contributed by atoms with E-state index in [0.717, 1.165) is 11.3 Å². The largest absolute Gasteiger partial charge is 0.508 e. The summed E-state index contributed by atoms with van der Waals surface area (Å²) >= 11 is 0. The summed E-state index contributed by atoms with van der Waals surface area (Å²) in [5.74, 6) is 0.0370. The second-order valence-electron chi connectivity index (χ2n) is 5.23. The van der Waals surface area contributed by atoms with Crippen LogP contribution in [0.5, 0.6) is 5.75 Å². The Balaban J connectivity index is 1.56. The van der Waals surface area contributed by atoms with E-state index in [1.54, 1.807) is 29.1 Å². The first-order chi connectivity index (χ1) is 11.2. The number of anilines is 1. The average molecular weight is 307 g/mol. The van der Waals surface area contributed by atoms with Crippen LogP contribution < -0.4 is 5.32 Å². The molecule has 1 heterocycles. The van der Waals surface area contributed by atoms with Crippen LogP contribution in [0.1, 0.15) is 12.0 Å². The monoisotopic (exact) mass is 307 g/mol. The molecule has 0 saturated heterocycles. The van der Waals surface area contributed by atoms with Crippen molar-refractivity contribution in [3.05, 3.63) is 72.6 Å². The second-order valence-corrected chi connectivity index (χ2v) is 5.23. The van der Waals surface area contributed by atoms with Gasteiger partial charge in [0.1, 0.15) is 5.75 Å². The number of carbonyl (C=O) groups is 1. The molecular weight excluding hydrogens is 290 g/mol. The van der Waals surface area contributed by atoms with E-state index in [1.807, 2.05) is 36.5 Å². The molecule has 2 aromatic carbocycles. The molecule has 0 aliphatic carbocycles. The number of aryl methyl sites for hydroxylation is 1. The maximum absolute atomic E-state index is 12.0. The number of nitrogens with one attached hydrogen (secondary N) is 1. The van der Waals surface area contributed by atoms with Gasteiger partial charge in [0.25, 0.3) is 0 Å². The number of hydrogen-bond donors (Lipinski definition) is 2. The van der Waals surface area contributed by atoms with Crippen LogP contribution >= 0.6 is 0 Å². The summed E-state index contributed by atoms with van der Waals surface area (Å²) in [4.78, 5) is 12.0. The highest BCUT2D eigenvalue weighted by molar-refractivity contribution is 5.90. The third-order valence-corrected chi connectivity index (χ3v) is 3.43. The molecule has 2 N–H and O–H groups in total. The van der Waals surface area contributed by atoms with Gasteiger partial charge < -0.3 is 10.4 Å². The van der Waals surface area contributed by atoms with Crippen molar-refractivity contribution in [3.63, 3.8) is 0 Å². The lowest BCUT2D eigenvalue weighted by Crippen LogP contribution is -2.12. The van der Waals surface area contributed by atoms with Crippen LogP contribution in [-0.4, -0.2) is 20.8 Å². The molecule has 3 rings (SSSR count).